The van der Waals surface area contributed by atoms with E-state index in [1.807, 2.05) is 6.08 Å². The highest BCUT2D eigenvalue weighted by atomic mass is 127. The van der Waals surface area contributed by atoms with Gasteiger partial charge in [-0.2, -0.15) is 12.6 Å². The Morgan fingerprint density at radius 3 is 2.40 bits per heavy atom. The fourth-order valence-electron chi connectivity index (χ4n) is 1.83. The van der Waals surface area contributed by atoms with Crippen molar-refractivity contribution in [3.8, 4) is 0 Å². The molecule has 0 saturated heterocycles. The molecule has 0 aliphatic heterocycles. The predicted octanol–water partition coefficient (Wildman–Crippen LogP) is 6.28. The summed E-state index contributed by atoms with van der Waals surface area (Å²) >= 11 is 6.48. The Hall–Kier alpha value is -0.290. The summed E-state index contributed by atoms with van der Waals surface area (Å²) in [5.74, 6) is 0. The third-order valence-electron chi connectivity index (χ3n) is 3.13. The maximum Gasteiger partial charge on any atom is 0.0396 e. The summed E-state index contributed by atoms with van der Waals surface area (Å²) in [6.07, 6.45) is 6.88. The molecule has 0 radical (unpaired) electrons. The summed E-state index contributed by atoms with van der Waals surface area (Å²) in [6.45, 7) is 12.5. The molecule has 3 heteroatoms. The van der Waals surface area contributed by atoms with E-state index in [0.29, 0.717) is 16.1 Å². The molecule has 0 rings (SSSR count). The maximum absolute atomic E-state index is 8.33. The molecule has 0 aliphatic carbocycles. The largest absolute Gasteiger partial charge is 0.305 e. The van der Waals surface area contributed by atoms with Gasteiger partial charge in [0.15, 0.2) is 0 Å². The molecule has 0 heterocycles. The summed E-state index contributed by atoms with van der Waals surface area (Å²) in [6, 6.07) is 0. The van der Waals surface area contributed by atoms with Gasteiger partial charge in [-0.25, -0.2) is 0 Å². The first kappa shape index (κ1) is 19.7. The Balaban J connectivity index is 5.21. The van der Waals surface area contributed by atoms with Crippen LogP contribution < -0.4 is 0 Å². The molecule has 0 aromatic carbocycles. The van der Waals surface area contributed by atoms with Crippen molar-refractivity contribution in [3.63, 3.8) is 0 Å². The highest BCUT2D eigenvalue weighted by Crippen LogP contribution is 2.21. The minimum absolute atomic E-state index is 0.317. The zero-order valence-electron chi connectivity index (χ0n) is 13.0. The third-order valence-corrected chi connectivity index (χ3v) is 3.95. The standard InChI is InChI=1S/C17H26INS/c1-6-7-12(2)10-17(19)16(15(5)18)11-14(4)13(3)8-9-20/h8-9,11,15,19-20H,2,6-7,10H2,1,3-5H3/b9-8-,14-13+,16-11+,19-17?. The van der Waals surface area contributed by atoms with E-state index >= 15 is 0 Å². The number of rotatable bonds is 8. The van der Waals surface area contributed by atoms with Gasteiger partial charge in [0.2, 0.25) is 0 Å². The van der Waals surface area contributed by atoms with Crippen LogP contribution in [-0.2, 0) is 0 Å². The van der Waals surface area contributed by atoms with Crippen molar-refractivity contribution in [3.05, 3.63) is 46.4 Å². The number of hydrogen-bond donors (Lipinski definition) is 2. The number of nitrogens with one attached hydrogen (secondary N) is 1. The molecule has 1 unspecified atom stereocenters. The van der Waals surface area contributed by atoms with Crippen molar-refractivity contribution in [1.29, 1.82) is 5.41 Å². The van der Waals surface area contributed by atoms with Crippen LogP contribution in [-0.4, -0.2) is 9.64 Å². The lowest BCUT2D eigenvalue weighted by molar-refractivity contribution is 0.890. The fraction of sp³-hybridized carbons (Fsp3) is 0.471. The minimum Gasteiger partial charge on any atom is -0.305 e. The normalized spacial score (nSPS) is 15.2. The topological polar surface area (TPSA) is 23.9 Å². The van der Waals surface area contributed by atoms with Crippen molar-refractivity contribution >= 4 is 40.9 Å². The molecule has 1 nitrogen and oxygen atoms in total. The number of halogens is 1. The zero-order valence-corrected chi connectivity index (χ0v) is 16.0. The molecule has 20 heavy (non-hydrogen) atoms. The van der Waals surface area contributed by atoms with Crippen LogP contribution in [0.1, 0.15) is 47.0 Å². The highest BCUT2D eigenvalue weighted by molar-refractivity contribution is 14.1. The summed E-state index contributed by atoms with van der Waals surface area (Å²) in [4.78, 5) is 0. The van der Waals surface area contributed by atoms with Crippen molar-refractivity contribution < 1.29 is 0 Å². The quantitative estimate of drug-likeness (QED) is 0.119. The molecule has 1 N–H and O–H groups in total. The lowest BCUT2D eigenvalue weighted by Crippen LogP contribution is -2.10. The molecule has 112 valence electrons. The van der Waals surface area contributed by atoms with Gasteiger partial charge in [-0.15, -0.1) is 0 Å². The molecule has 0 aromatic heterocycles. The van der Waals surface area contributed by atoms with Gasteiger partial charge >= 0.3 is 0 Å². The smallest absolute Gasteiger partial charge is 0.0396 e. The van der Waals surface area contributed by atoms with E-state index in [-0.39, 0.29) is 0 Å². The van der Waals surface area contributed by atoms with E-state index in [0.717, 1.165) is 24.0 Å². The fourth-order valence-corrected chi connectivity index (χ4v) is 2.61. The molecule has 0 aromatic rings. The van der Waals surface area contributed by atoms with Gasteiger partial charge in [0.25, 0.3) is 0 Å². The van der Waals surface area contributed by atoms with Crippen LogP contribution in [0.5, 0.6) is 0 Å². The Kier molecular flexibility index (Phi) is 10.3. The first-order valence-electron chi connectivity index (χ1n) is 6.91. The second-order valence-electron chi connectivity index (χ2n) is 5.05. The molecule has 0 saturated carbocycles. The van der Waals surface area contributed by atoms with Gasteiger partial charge in [-0.1, -0.05) is 60.2 Å². The second-order valence-corrected chi connectivity index (χ2v) is 7.22. The Labute approximate surface area is 143 Å². The molecule has 0 fully saturated rings. The van der Waals surface area contributed by atoms with E-state index < -0.39 is 0 Å². The van der Waals surface area contributed by atoms with Gasteiger partial charge in [-0.3, -0.25) is 0 Å². The first-order chi connectivity index (χ1) is 9.33. The first-order valence-corrected chi connectivity index (χ1v) is 8.68. The number of alkyl halides is 1. The summed E-state index contributed by atoms with van der Waals surface area (Å²) in [5, 5.41) is 10.1. The second kappa shape index (κ2) is 10.4. The number of allylic oxidation sites excluding steroid dienone is 6. The highest BCUT2D eigenvalue weighted by Gasteiger charge is 2.12. The van der Waals surface area contributed by atoms with Crippen LogP contribution in [0.15, 0.2) is 46.4 Å². The predicted molar refractivity (Wildman–Crippen MR) is 104 cm³/mol. The van der Waals surface area contributed by atoms with Crippen molar-refractivity contribution in [2.75, 3.05) is 0 Å². The average molecular weight is 403 g/mol. The van der Waals surface area contributed by atoms with Gasteiger partial charge in [0.05, 0.1) is 0 Å². The van der Waals surface area contributed by atoms with Crippen LogP contribution in [0.2, 0.25) is 0 Å². The minimum atomic E-state index is 0.317. The number of thiol groups is 1. The van der Waals surface area contributed by atoms with Crippen LogP contribution in [0.25, 0.3) is 0 Å². The summed E-state index contributed by atoms with van der Waals surface area (Å²) in [7, 11) is 0. The van der Waals surface area contributed by atoms with Gasteiger partial charge in [-0.05, 0) is 49.3 Å². The Morgan fingerprint density at radius 1 is 1.35 bits per heavy atom. The van der Waals surface area contributed by atoms with Crippen LogP contribution >= 0.6 is 35.2 Å². The molecule has 0 bridgehead atoms. The van der Waals surface area contributed by atoms with Gasteiger partial charge in [0.1, 0.15) is 0 Å². The molecule has 0 amide bonds. The van der Waals surface area contributed by atoms with Crippen molar-refractivity contribution in [2.24, 2.45) is 0 Å². The van der Waals surface area contributed by atoms with Crippen molar-refractivity contribution in [1.82, 2.24) is 0 Å². The molecule has 0 aliphatic rings. The number of hydrogen-bond acceptors (Lipinski definition) is 2. The lowest BCUT2D eigenvalue weighted by atomic mass is 9.96. The third kappa shape index (κ3) is 7.48. The monoisotopic (exact) mass is 403 g/mol. The zero-order chi connectivity index (χ0) is 15.7. The van der Waals surface area contributed by atoms with E-state index in [2.05, 4.69) is 75.6 Å². The molecule has 0 spiro atoms. The Bertz CT molecular complexity index is 442. The molecular formula is C17H26INS. The summed E-state index contributed by atoms with van der Waals surface area (Å²) in [5.41, 5.74) is 5.28. The Morgan fingerprint density at radius 2 is 1.95 bits per heavy atom. The van der Waals surface area contributed by atoms with Crippen LogP contribution in [0.4, 0.5) is 0 Å². The van der Waals surface area contributed by atoms with Crippen LogP contribution in [0.3, 0.4) is 0 Å². The van der Waals surface area contributed by atoms with E-state index in [1.54, 1.807) is 5.41 Å². The summed E-state index contributed by atoms with van der Waals surface area (Å²) < 4.78 is 0.317. The van der Waals surface area contributed by atoms with E-state index in [4.69, 9.17) is 5.41 Å². The van der Waals surface area contributed by atoms with Crippen LogP contribution in [0, 0.1) is 5.41 Å². The van der Waals surface area contributed by atoms with E-state index in [1.165, 1.54) is 11.1 Å². The van der Waals surface area contributed by atoms with Gasteiger partial charge in [0, 0.05) is 16.1 Å². The molecular weight excluding hydrogens is 377 g/mol. The SMILES string of the molecule is C=C(CCC)CC(=N)/C(=C/C(C)=C(C)/C=C\S)C(C)I. The average Bonchev–Trinajstić information content (AvgIpc) is 2.35. The van der Waals surface area contributed by atoms with E-state index in [9.17, 15) is 0 Å². The maximum atomic E-state index is 8.33. The molecule has 1 atom stereocenters. The van der Waals surface area contributed by atoms with Crippen molar-refractivity contribution in [2.45, 2.75) is 50.9 Å². The lowest BCUT2D eigenvalue weighted by Gasteiger charge is -2.14. The van der Waals surface area contributed by atoms with Gasteiger partial charge < -0.3 is 5.41 Å².